The zero-order valence-corrected chi connectivity index (χ0v) is 22.2. The molecule has 0 aromatic heterocycles. The maximum Gasteiger partial charge on any atom is 0.270 e. The Hall–Kier alpha value is -2.10. The van der Waals surface area contributed by atoms with Gasteiger partial charge in [-0.25, -0.2) is 4.39 Å². The van der Waals surface area contributed by atoms with E-state index in [0.717, 1.165) is 5.56 Å². The van der Waals surface area contributed by atoms with Crippen LogP contribution in [0.3, 0.4) is 0 Å². The van der Waals surface area contributed by atoms with E-state index < -0.39 is 0 Å². The number of benzene rings is 3. The molecule has 0 bridgehead atoms. The first kappa shape index (κ1) is 25.0. The van der Waals surface area contributed by atoms with E-state index in [1.165, 1.54) is 35.9 Å². The summed E-state index contributed by atoms with van der Waals surface area (Å²) in [5.74, 6) is 0.366. The minimum Gasteiger partial charge on any atom is -0.493 e. The van der Waals surface area contributed by atoms with Gasteiger partial charge in [-0.1, -0.05) is 59.3 Å². The lowest BCUT2D eigenvalue weighted by atomic mass is 10.1. The maximum atomic E-state index is 13.1. The van der Waals surface area contributed by atoms with Crippen LogP contribution in [0.4, 0.5) is 10.1 Å². The van der Waals surface area contributed by atoms with Gasteiger partial charge in [-0.2, -0.15) is 0 Å². The molecule has 0 spiro atoms. The molecule has 3 aromatic carbocycles. The number of carbonyl (C=O) groups is 1. The van der Waals surface area contributed by atoms with Gasteiger partial charge in [0.25, 0.3) is 5.91 Å². The number of ether oxygens (including phenoxy) is 2. The van der Waals surface area contributed by atoms with E-state index >= 15 is 0 Å². The van der Waals surface area contributed by atoms with Crippen LogP contribution in [0.25, 0.3) is 6.08 Å². The number of carbonyl (C=O) groups excluding carboxylic acids is 1. The zero-order chi connectivity index (χ0) is 24.4. The molecule has 0 aliphatic carbocycles. The topological polar surface area (TPSA) is 38.8 Å². The molecule has 3 aromatic rings. The van der Waals surface area contributed by atoms with Gasteiger partial charge >= 0.3 is 0 Å². The molecule has 0 N–H and O–H groups in total. The lowest BCUT2D eigenvalue weighted by Gasteiger charge is -2.16. The van der Waals surface area contributed by atoms with Gasteiger partial charge in [0.05, 0.1) is 27.2 Å². The average Bonchev–Trinajstić information content (AvgIpc) is 3.06. The zero-order valence-electron chi connectivity index (χ0n) is 17.5. The molecule has 0 radical (unpaired) electrons. The van der Waals surface area contributed by atoms with Gasteiger partial charge in [0.2, 0.25) is 0 Å². The Bertz CT molecular complexity index is 1320. The van der Waals surface area contributed by atoms with Crippen molar-refractivity contribution in [1.82, 2.24) is 0 Å². The molecule has 1 fully saturated rings. The normalized spacial score (nSPS) is 14.7. The summed E-state index contributed by atoms with van der Waals surface area (Å²) in [5, 5.41) is 0.797. The third-order valence-electron chi connectivity index (χ3n) is 4.79. The maximum absolute atomic E-state index is 13.1. The second kappa shape index (κ2) is 10.7. The molecule has 174 valence electrons. The number of methoxy groups -OCH3 is 1. The number of thiocarbonyl (C=S) groups is 1. The second-order valence-corrected chi connectivity index (χ2v) is 10.4. The number of rotatable bonds is 6. The summed E-state index contributed by atoms with van der Waals surface area (Å²) in [5.41, 5.74) is 1.99. The van der Waals surface area contributed by atoms with E-state index in [4.69, 9.17) is 44.9 Å². The van der Waals surface area contributed by atoms with E-state index in [1.54, 1.807) is 42.5 Å². The molecule has 1 amide bonds. The minimum atomic E-state index is -0.310. The highest BCUT2D eigenvalue weighted by molar-refractivity contribution is 9.10. The predicted octanol–water partition coefficient (Wildman–Crippen LogP) is 7.89. The molecular weight excluding hydrogens is 584 g/mol. The third-order valence-corrected chi connectivity index (χ3v) is 7.22. The van der Waals surface area contributed by atoms with Crippen LogP contribution < -0.4 is 14.4 Å². The van der Waals surface area contributed by atoms with Gasteiger partial charge in [0.15, 0.2) is 15.8 Å². The molecular formula is C24H15BrCl2FNO3S2. The van der Waals surface area contributed by atoms with Crippen LogP contribution in [-0.4, -0.2) is 17.3 Å². The summed E-state index contributed by atoms with van der Waals surface area (Å²) in [7, 11) is 1.53. The summed E-state index contributed by atoms with van der Waals surface area (Å²) in [4.78, 5) is 14.9. The van der Waals surface area contributed by atoms with Gasteiger partial charge in [-0.3, -0.25) is 9.69 Å². The predicted molar refractivity (Wildman–Crippen MR) is 144 cm³/mol. The number of anilines is 1. The molecule has 34 heavy (non-hydrogen) atoms. The first-order chi connectivity index (χ1) is 16.3. The number of hydrogen-bond acceptors (Lipinski definition) is 5. The monoisotopic (exact) mass is 597 g/mol. The van der Waals surface area contributed by atoms with Gasteiger partial charge in [-0.15, -0.1) is 0 Å². The number of halogens is 4. The number of amides is 1. The van der Waals surface area contributed by atoms with Crippen LogP contribution in [0, 0.1) is 5.82 Å². The molecule has 10 heteroatoms. The standard InChI is InChI=1S/C24H15BrCl2FNO3S2/c1-31-20-9-14(8-17(25)22(20)32-12-13-2-5-16(28)6-3-13)10-21-23(30)29(24(33)34-21)19-7-4-15(26)11-18(19)27/h2-11H,12H2,1H3/b21-10-. The van der Waals surface area contributed by atoms with Crippen molar-refractivity contribution in [1.29, 1.82) is 0 Å². The Kier molecular flexibility index (Phi) is 7.84. The van der Waals surface area contributed by atoms with Crippen LogP contribution in [0.5, 0.6) is 11.5 Å². The van der Waals surface area contributed by atoms with Crippen molar-refractivity contribution in [2.24, 2.45) is 0 Å². The van der Waals surface area contributed by atoms with Crippen LogP contribution in [0.2, 0.25) is 10.0 Å². The summed E-state index contributed by atoms with van der Waals surface area (Å²) < 4.78 is 25.5. The van der Waals surface area contributed by atoms with Gasteiger partial charge in [0, 0.05) is 5.02 Å². The summed E-state index contributed by atoms with van der Waals surface area (Å²) in [6.07, 6.45) is 1.72. The lowest BCUT2D eigenvalue weighted by Crippen LogP contribution is -2.27. The van der Waals surface area contributed by atoms with Gasteiger partial charge in [-0.05, 0) is 75.6 Å². The Morgan fingerprint density at radius 3 is 2.56 bits per heavy atom. The molecule has 4 rings (SSSR count). The first-order valence-corrected chi connectivity index (χ1v) is 12.5. The quantitative estimate of drug-likeness (QED) is 0.213. The molecule has 1 aliphatic rings. The van der Waals surface area contributed by atoms with E-state index in [1.807, 2.05) is 6.07 Å². The Labute approximate surface area is 223 Å². The van der Waals surface area contributed by atoms with Crippen molar-refractivity contribution < 1.29 is 18.7 Å². The third kappa shape index (κ3) is 5.42. The fourth-order valence-electron chi connectivity index (χ4n) is 3.19. The Morgan fingerprint density at radius 1 is 1.15 bits per heavy atom. The largest absolute Gasteiger partial charge is 0.493 e. The van der Waals surface area contributed by atoms with E-state index in [9.17, 15) is 9.18 Å². The van der Waals surface area contributed by atoms with Crippen LogP contribution in [0.15, 0.2) is 64.0 Å². The number of hydrogen-bond donors (Lipinski definition) is 0. The Balaban J connectivity index is 1.59. The van der Waals surface area contributed by atoms with Crippen molar-refractivity contribution >= 4 is 85.1 Å². The van der Waals surface area contributed by atoms with E-state index in [-0.39, 0.29) is 18.3 Å². The highest BCUT2D eigenvalue weighted by atomic mass is 79.9. The molecule has 1 saturated heterocycles. The van der Waals surface area contributed by atoms with Crippen LogP contribution >= 0.6 is 63.1 Å². The lowest BCUT2D eigenvalue weighted by molar-refractivity contribution is -0.113. The van der Waals surface area contributed by atoms with Crippen LogP contribution in [0.1, 0.15) is 11.1 Å². The van der Waals surface area contributed by atoms with Crippen molar-refractivity contribution in [3.63, 3.8) is 0 Å². The average molecular weight is 599 g/mol. The summed E-state index contributed by atoms with van der Waals surface area (Å²) in [6, 6.07) is 14.5. The van der Waals surface area contributed by atoms with Crippen molar-refractivity contribution in [2.45, 2.75) is 6.61 Å². The fourth-order valence-corrected chi connectivity index (χ4v) is 5.54. The van der Waals surface area contributed by atoms with Crippen molar-refractivity contribution in [3.05, 3.63) is 91.0 Å². The fraction of sp³-hybridized carbons (Fsp3) is 0.0833. The van der Waals surface area contributed by atoms with Crippen molar-refractivity contribution in [3.8, 4) is 11.5 Å². The summed E-state index contributed by atoms with van der Waals surface area (Å²) >= 11 is 22.4. The SMILES string of the molecule is COc1cc(/C=C2\SC(=S)N(c3ccc(Cl)cc3Cl)C2=O)cc(Br)c1OCc1ccc(F)cc1. The molecule has 0 saturated carbocycles. The molecule has 1 aliphatic heterocycles. The smallest absolute Gasteiger partial charge is 0.270 e. The Morgan fingerprint density at radius 2 is 1.88 bits per heavy atom. The number of thioether (sulfide) groups is 1. The molecule has 0 atom stereocenters. The summed E-state index contributed by atoms with van der Waals surface area (Å²) in [6.45, 7) is 0.231. The minimum absolute atomic E-state index is 0.231. The van der Waals surface area contributed by atoms with Crippen LogP contribution in [-0.2, 0) is 11.4 Å². The number of nitrogens with zero attached hydrogens (tertiary/aromatic N) is 1. The molecule has 4 nitrogen and oxygen atoms in total. The van der Waals surface area contributed by atoms with E-state index in [0.29, 0.717) is 46.5 Å². The van der Waals surface area contributed by atoms with E-state index in [2.05, 4.69) is 15.9 Å². The van der Waals surface area contributed by atoms with Gasteiger partial charge in [0.1, 0.15) is 12.4 Å². The molecule has 1 heterocycles. The molecule has 0 unspecified atom stereocenters. The highest BCUT2D eigenvalue weighted by Crippen LogP contribution is 2.42. The van der Waals surface area contributed by atoms with Crippen molar-refractivity contribution in [2.75, 3.05) is 12.0 Å². The first-order valence-electron chi connectivity index (χ1n) is 9.74. The van der Waals surface area contributed by atoms with Gasteiger partial charge < -0.3 is 9.47 Å². The second-order valence-electron chi connectivity index (χ2n) is 7.06. The highest BCUT2D eigenvalue weighted by Gasteiger charge is 2.34.